The van der Waals surface area contributed by atoms with E-state index < -0.39 is 11.2 Å². The molecule has 23 heavy (non-hydrogen) atoms. The van der Waals surface area contributed by atoms with Gasteiger partial charge in [-0.2, -0.15) is 0 Å². The number of nitrogens with zero attached hydrogens (tertiary/aromatic N) is 4. The average molecular weight is 336 g/mol. The molecule has 0 spiro atoms. The van der Waals surface area contributed by atoms with E-state index in [1.807, 2.05) is 37.2 Å². The number of carbonyl (C=O) groups excluding carboxylic acids is 1. The van der Waals surface area contributed by atoms with Crippen LogP contribution in [0.15, 0.2) is 27.0 Å². The van der Waals surface area contributed by atoms with Gasteiger partial charge in [-0.15, -0.1) is 8.80 Å². The van der Waals surface area contributed by atoms with Crippen molar-refractivity contribution in [2.24, 2.45) is 14.5 Å². The number of hydrogen-bond acceptors (Lipinski definition) is 6. The molecule has 3 N–H and O–H groups in total. The molecule has 1 aromatic heterocycles. The van der Waals surface area contributed by atoms with Gasteiger partial charge in [-0.05, 0) is 32.6 Å². The van der Waals surface area contributed by atoms with E-state index in [1.165, 1.54) is 0 Å². The quantitative estimate of drug-likeness (QED) is 0.699. The minimum absolute atomic E-state index is 0.00186. The van der Waals surface area contributed by atoms with Gasteiger partial charge in [0.15, 0.2) is 17.5 Å². The number of Topliss-reactive ketones (excluding diaryl/α,β-unsaturated/α-hetero) is 1. The lowest BCUT2D eigenvalue weighted by molar-refractivity contribution is -0.118. The van der Waals surface area contributed by atoms with Crippen molar-refractivity contribution < 1.29 is 9.00 Å². The summed E-state index contributed by atoms with van der Waals surface area (Å²) < 4.78 is 18.3. The van der Waals surface area contributed by atoms with Gasteiger partial charge in [-0.1, -0.05) is 6.07 Å². The van der Waals surface area contributed by atoms with Gasteiger partial charge in [-0.3, -0.25) is 9.78 Å². The molecule has 2 rings (SSSR count). The van der Waals surface area contributed by atoms with Crippen LogP contribution in [-0.2, 0) is 28.9 Å². The fourth-order valence-corrected chi connectivity index (χ4v) is 2.62. The van der Waals surface area contributed by atoms with Gasteiger partial charge in [0.2, 0.25) is 0 Å². The molecular formula is C14H20N6O2S. The normalized spacial score (nSPS) is 17.1. The fraction of sp³-hybridized carbons (Fsp3) is 0.429. The van der Waals surface area contributed by atoms with Gasteiger partial charge >= 0.3 is 0 Å². The largest absolute Gasteiger partial charge is 0.380 e. The second-order valence-corrected chi connectivity index (χ2v) is 6.22. The first-order valence-electron chi connectivity index (χ1n) is 7.14. The van der Waals surface area contributed by atoms with Crippen LogP contribution in [0.1, 0.15) is 17.8 Å². The van der Waals surface area contributed by atoms with Gasteiger partial charge in [0.25, 0.3) is 11.2 Å². The fourth-order valence-electron chi connectivity index (χ4n) is 2.01. The maximum Gasteiger partial charge on any atom is 0.269 e. The van der Waals surface area contributed by atoms with Crippen LogP contribution in [0.2, 0.25) is 0 Å². The minimum Gasteiger partial charge on any atom is -0.380 e. The summed E-state index contributed by atoms with van der Waals surface area (Å²) in [6.45, 7) is 0.836. The Balaban J connectivity index is 1.79. The Morgan fingerprint density at radius 2 is 2.04 bits per heavy atom. The molecular weight excluding hydrogens is 316 g/mol. The van der Waals surface area contributed by atoms with Crippen LogP contribution < -0.4 is 11.1 Å². The molecule has 124 valence electrons. The molecule has 1 aromatic rings. The van der Waals surface area contributed by atoms with Crippen LogP contribution in [0.3, 0.4) is 0 Å². The summed E-state index contributed by atoms with van der Waals surface area (Å²) in [4.78, 5) is 18.5. The number of hydrogen-bond donors (Lipinski definition) is 2. The van der Waals surface area contributed by atoms with Crippen LogP contribution in [0, 0.1) is 0 Å². The first-order valence-corrected chi connectivity index (χ1v) is 8.21. The zero-order valence-electron chi connectivity index (χ0n) is 13.2. The lowest BCUT2D eigenvalue weighted by atomic mass is 10.1. The van der Waals surface area contributed by atoms with Crippen LogP contribution in [0.4, 0.5) is 0 Å². The minimum atomic E-state index is -1.68. The van der Waals surface area contributed by atoms with E-state index in [1.54, 1.807) is 0 Å². The van der Waals surface area contributed by atoms with Crippen molar-refractivity contribution >= 4 is 28.6 Å². The summed E-state index contributed by atoms with van der Waals surface area (Å²) in [5, 5.41) is 2.76. The molecule has 1 aliphatic rings. The molecule has 1 atom stereocenters. The number of carbonyl (C=O) groups is 1. The first-order chi connectivity index (χ1) is 10.9. The molecule has 0 saturated heterocycles. The molecule has 0 aromatic carbocycles. The lowest BCUT2D eigenvalue weighted by Crippen LogP contribution is -2.37. The highest BCUT2D eigenvalue weighted by atomic mass is 32.2. The zero-order chi connectivity index (χ0) is 16.8. The number of nitrogens with one attached hydrogen (secondary N) is 1. The van der Waals surface area contributed by atoms with E-state index in [2.05, 4.69) is 19.1 Å². The van der Waals surface area contributed by atoms with Crippen molar-refractivity contribution in [2.75, 3.05) is 20.6 Å². The van der Waals surface area contributed by atoms with Crippen molar-refractivity contribution in [1.29, 1.82) is 0 Å². The molecule has 9 heteroatoms. The molecule has 2 heterocycles. The number of aryl methyl sites for hydroxylation is 1. The van der Waals surface area contributed by atoms with E-state index in [0.717, 1.165) is 17.9 Å². The van der Waals surface area contributed by atoms with E-state index >= 15 is 0 Å². The molecule has 8 nitrogen and oxygen atoms in total. The van der Waals surface area contributed by atoms with Gasteiger partial charge < -0.3 is 16.0 Å². The molecule has 0 bridgehead atoms. The second kappa shape index (κ2) is 7.93. The van der Waals surface area contributed by atoms with Crippen molar-refractivity contribution in [3.8, 4) is 0 Å². The highest BCUT2D eigenvalue weighted by Crippen LogP contribution is 2.05. The van der Waals surface area contributed by atoms with E-state index in [-0.39, 0.29) is 24.0 Å². The lowest BCUT2D eigenvalue weighted by Gasteiger charge is -2.10. The third kappa shape index (κ3) is 5.53. The van der Waals surface area contributed by atoms with Gasteiger partial charge in [-0.25, -0.2) is 4.21 Å². The molecule has 0 amide bonds. The smallest absolute Gasteiger partial charge is 0.269 e. The van der Waals surface area contributed by atoms with Crippen molar-refractivity contribution in [2.45, 2.75) is 19.4 Å². The number of amidine groups is 2. The highest BCUT2D eigenvalue weighted by Gasteiger charge is 2.16. The predicted octanol–water partition coefficient (Wildman–Crippen LogP) is -0.417. The highest BCUT2D eigenvalue weighted by molar-refractivity contribution is 7.83. The summed E-state index contributed by atoms with van der Waals surface area (Å²) in [7, 11) is 3.97. The van der Waals surface area contributed by atoms with Crippen LogP contribution in [0.5, 0.6) is 0 Å². The third-order valence-corrected chi connectivity index (χ3v) is 3.74. The Kier molecular flexibility index (Phi) is 5.94. The maximum absolute atomic E-state index is 11.9. The molecule has 0 radical (unpaired) electrons. The number of ketones is 1. The summed E-state index contributed by atoms with van der Waals surface area (Å²) in [5.74, 6) is 0.273. The van der Waals surface area contributed by atoms with E-state index in [9.17, 15) is 9.00 Å². The Bertz CT molecular complexity index is 671. The van der Waals surface area contributed by atoms with Gasteiger partial charge in [0.05, 0.1) is 12.2 Å². The van der Waals surface area contributed by atoms with Crippen LogP contribution in [0.25, 0.3) is 0 Å². The first kappa shape index (κ1) is 17.2. The van der Waals surface area contributed by atoms with E-state index in [0.29, 0.717) is 12.8 Å². The summed E-state index contributed by atoms with van der Waals surface area (Å²) in [5.41, 5.74) is 7.38. The molecule has 0 fully saturated rings. The van der Waals surface area contributed by atoms with Gasteiger partial charge in [0.1, 0.15) is 0 Å². The average Bonchev–Trinajstić information content (AvgIpc) is 2.80. The SMILES string of the molecule is CN(C)Cc1cccc(CCC(=O)CNC2=NS(=O)N=C2N)n1. The summed E-state index contributed by atoms with van der Waals surface area (Å²) in [6, 6.07) is 5.83. The monoisotopic (exact) mass is 336 g/mol. The van der Waals surface area contributed by atoms with Crippen molar-refractivity contribution in [3.05, 3.63) is 29.6 Å². The Morgan fingerprint density at radius 3 is 2.70 bits per heavy atom. The molecule has 0 aliphatic carbocycles. The topological polar surface area (TPSA) is 113 Å². The maximum atomic E-state index is 11.9. The molecule has 0 saturated carbocycles. The zero-order valence-corrected chi connectivity index (χ0v) is 14.0. The number of rotatable bonds is 7. The molecule has 1 aliphatic heterocycles. The number of nitrogens with two attached hydrogens (primary N) is 1. The third-order valence-electron chi connectivity index (χ3n) is 3.04. The Morgan fingerprint density at radius 1 is 1.30 bits per heavy atom. The Labute approximate surface area is 137 Å². The predicted molar refractivity (Wildman–Crippen MR) is 90.2 cm³/mol. The van der Waals surface area contributed by atoms with Gasteiger partial charge in [0, 0.05) is 18.7 Å². The standard InChI is InChI=1S/C14H20N6O2S/c1-20(2)9-11-5-3-4-10(17-11)6-7-12(21)8-16-14-13(15)18-23(22)19-14/h3-5H,6-9H2,1-2H3,(H2,15,18)(H,16,19). The Hall–Kier alpha value is -2.13. The van der Waals surface area contributed by atoms with Crippen molar-refractivity contribution in [3.63, 3.8) is 0 Å². The summed E-state index contributed by atoms with van der Waals surface area (Å²) in [6.07, 6.45) is 0.933. The van der Waals surface area contributed by atoms with E-state index in [4.69, 9.17) is 5.73 Å². The van der Waals surface area contributed by atoms with Crippen molar-refractivity contribution in [1.82, 2.24) is 15.2 Å². The molecule has 1 unspecified atom stereocenters. The number of pyridine rings is 1. The van der Waals surface area contributed by atoms with Crippen LogP contribution in [-0.4, -0.2) is 52.2 Å². The number of aromatic nitrogens is 1. The second-order valence-electron chi connectivity index (χ2n) is 5.40. The van der Waals surface area contributed by atoms with Crippen LogP contribution >= 0.6 is 0 Å². The summed E-state index contributed by atoms with van der Waals surface area (Å²) >= 11 is -1.68.